The molecule has 2 aliphatic rings. The number of halogens is 1. The SMILES string of the molecule is CC(C)C1CN(CCN2CCC(F)C2)C(=O)N1C. The number of amides is 2. The van der Waals surface area contributed by atoms with E-state index in [4.69, 9.17) is 0 Å². The molecule has 2 atom stereocenters. The van der Waals surface area contributed by atoms with E-state index in [1.807, 2.05) is 16.8 Å². The van der Waals surface area contributed by atoms with E-state index in [9.17, 15) is 9.18 Å². The predicted molar refractivity (Wildman–Crippen MR) is 69.3 cm³/mol. The Kier molecular flexibility index (Phi) is 4.10. The molecule has 2 amide bonds. The van der Waals surface area contributed by atoms with Crippen LogP contribution in [0.2, 0.25) is 0 Å². The van der Waals surface area contributed by atoms with E-state index in [2.05, 4.69) is 18.7 Å². The van der Waals surface area contributed by atoms with Crippen LogP contribution in [0.25, 0.3) is 0 Å². The summed E-state index contributed by atoms with van der Waals surface area (Å²) in [6.07, 6.45) is -0.0342. The molecule has 5 heteroatoms. The molecule has 18 heavy (non-hydrogen) atoms. The van der Waals surface area contributed by atoms with Crippen molar-refractivity contribution in [3.8, 4) is 0 Å². The van der Waals surface area contributed by atoms with Crippen LogP contribution in [0, 0.1) is 5.92 Å². The molecule has 0 spiro atoms. The summed E-state index contributed by atoms with van der Waals surface area (Å²) in [5.41, 5.74) is 0. The van der Waals surface area contributed by atoms with Crippen LogP contribution in [0.1, 0.15) is 20.3 Å². The van der Waals surface area contributed by atoms with Crippen molar-refractivity contribution in [1.82, 2.24) is 14.7 Å². The van der Waals surface area contributed by atoms with Gasteiger partial charge in [-0.1, -0.05) is 13.8 Å². The Hall–Kier alpha value is -0.840. The van der Waals surface area contributed by atoms with Crippen LogP contribution >= 0.6 is 0 Å². The van der Waals surface area contributed by atoms with Crippen molar-refractivity contribution in [1.29, 1.82) is 0 Å². The third kappa shape index (κ3) is 2.76. The van der Waals surface area contributed by atoms with E-state index in [1.54, 1.807) is 0 Å². The summed E-state index contributed by atoms with van der Waals surface area (Å²) in [5, 5.41) is 0. The van der Waals surface area contributed by atoms with Gasteiger partial charge in [-0.25, -0.2) is 9.18 Å². The molecule has 2 heterocycles. The van der Waals surface area contributed by atoms with Gasteiger partial charge in [-0.2, -0.15) is 0 Å². The number of hydrogen-bond donors (Lipinski definition) is 0. The molecule has 2 unspecified atom stereocenters. The lowest BCUT2D eigenvalue weighted by atomic mass is 10.0. The maximum absolute atomic E-state index is 13.1. The van der Waals surface area contributed by atoms with Gasteiger partial charge in [0.1, 0.15) is 6.17 Å². The lowest BCUT2D eigenvalue weighted by Crippen LogP contribution is -2.36. The summed E-state index contributed by atoms with van der Waals surface area (Å²) in [4.78, 5) is 17.9. The second kappa shape index (κ2) is 5.43. The highest BCUT2D eigenvalue weighted by atomic mass is 19.1. The van der Waals surface area contributed by atoms with Gasteiger partial charge in [0.15, 0.2) is 0 Å². The zero-order valence-corrected chi connectivity index (χ0v) is 11.6. The monoisotopic (exact) mass is 257 g/mol. The van der Waals surface area contributed by atoms with Gasteiger partial charge in [0, 0.05) is 39.8 Å². The number of likely N-dealkylation sites (N-methyl/N-ethyl adjacent to an activating group) is 1. The van der Waals surface area contributed by atoms with Gasteiger partial charge in [-0.05, 0) is 12.3 Å². The zero-order chi connectivity index (χ0) is 13.3. The third-order valence-electron chi connectivity index (χ3n) is 4.15. The minimum absolute atomic E-state index is 0.115. The number of likely N-dealkylation sites (tertiary alicyclic amines) is 1. The van der Waals surface area contributed by atoms with Gasteiger partial charge >= 0.3 is 6.03 Å². The molecule has 0 bridgehead atoms. The van der Waals surface area contributed by atoms with Crippen LogP contribution in [-0.2, 0) is 0 Å². The van der Waals surface area contributed by atoms with E-state index < -0.39 is 6.17 Å². The number of carbonyl (C=O) groups excluding carboxylic acids is 1. The predicted octanol–water partition coefficient (Wildman–Crippen LogP) is 1.42. The quantitative estimate of drug-likeness (QED) is 0.761. The van der Waals surface area contributed by atoms with Gasteiger partial charge in [-0.15, -0.1) is 0 Å². The average Bonchev–Trinajstić information content (AvgIpc) is 2.84. The first kappa shape index (κ1) is 13.6. The van der Waals surface area contributed by atoms with E-state index >= 15 is 0 Å². The summed E-state index contributed by atoms with van der Waals surface area (Å²) in [6.45, 7) is 7.97. The fraction of sp³-hybridized carbons (Fsp3) is 0.923. The molecule has 0 N–H and O–H groups in total. The zero-order valence-electron chi connectivity index (χ0n) is 11.6. The number of alkyl halides is 1. The second-order valence-electron chi connectivity index (χ2n) is 5.84. The Labute approximate surface area is 109 Å². The Bertz CT molecular complexity index is 311. The van der Waals surface area contributed by atoms with E-state index in [1.165, 1.54) is 0 Å². The third-order valence-corrected chi connectivity index (χ3v) is 4.15. The molecule has 0 radical (unpaired) electrons. The number of carbonyl (C=O) groups is 1. The largest absolute Gasteiger partial charge is 0.323 e. The van der Waals surface area contributed by atoms with Gasteiger partial charge < -0.3 is 9.80 Å². The second-order valence-corrected chi connectivity index (χ2v) is 5.84. The molecule has 2 saturated heterocycles. The summed E-state index contributed by atoms with van der Waals surface area (Å²) in [7, 11) is 1.88. The fourth-order valence-electron chi connectivity index (χ4n) is 2.89. The molecule has 0 aromatic rings. The van der Waals surface area contributed by atoms with Crippen LogP contribution in [0.3, 0.4) is 0 Å². The number of rotatable bonds is 4. The summed E-state index contributed by atoms with van der Waals surface area (Å²) in [5.74, 6) is 0.478. The highest BCUT2D eigenvalue weighted by molar-refractivity contribution is 5.76. The van der Waals surface area contributed by atoms with Gasteiger partial charge in [-0.3, -0.25) is 4.90 Å². The normalized spacial score (nSPS) is 29.9. The number of hydrogen-bond acceptors (Lipinski definition) is 2. The van der Waals surface area contributed by atoms with E-state index in [0.29, 0.717) is 24.9 Å². The first-order chi connectivity index (χ1) is 8.49. The molecule has 104 valence electrons. The molecule has 0 aliphatic carbocycles. The van der Waals surface area contributed by atoms with E-state index in [0.717, 1.165) is 26.2 Å². The van der Waals surface area contributed by atoms with Crippen molar-refractivity contribution in [2.75, 3.05) is 39.8 Å². The standard InChI is InChI=1S/C13H24FN3O/c1-10(2)12-9-17(13(18)15(12)3)7-6-16-5-4-11(14)8-16/h10-12H,4-9H2,1-3H3. The molecule has 0 aromatic carbocycles. The van der Waals surface area contributed by atoms with Crippen LogP contribution in [0.4, 0.5) is 9.18 Å². The average molecular weight is 257 g/mol. The molecule has 0 aromatic heterocycles. The summed E-state index contributed by atoms with van der Waals surface area (Å²) in [6, 6.07) is 0.426. The van der Waals surface area contributed by atoms with Crippen LogP contribution in [0.15, 0.2) is 0 Å². The minimum Gasteiger partial charge on any atom is -0.323 e. The van der Waals surface area contributed by atoms with Crippen LogP contribution in [-0.4, -0.2) is 72.7 Å². The number of nitrogens with zero attached hydrogens (tertiary/aromatic N) is 3. The Morgan fingerprint density at radius 2 is 2.06 bits per heavy atom. The minimum atomic E-state index is -0.676. The molecule has 4 nitrogen and oxygen atoms in total. The lowest BCUT2D eigenvalue weighted by Gasteiger charge is -2.20. The van der Waals surface area contributed by atoms with Crippen molar-refractivity contribution in [2.24, 2.45) is 5.92 Å². The summed E-state index contributed by atoms with van der Waals surface area (Å²) < 4.78 is 13.1. The highest BCUT2D eigenvalue weighted by Crippen LogP contribution is 2.20. The van der Waals surface area contributed by atoms with Crippen molar-refractivity contribution >= 4 is 6.03 Å². The molecule has 2 rings (SSSR count). The van der Waals surface area contributed by atoms with Gasteiger partial charge in [0.05, 0.1) is 6.04 Å². The first-order valence-corrected chi connectivity index (χ1v) is 6.87. The van der Waals surface area contributed by atoms with Crippen molar-refractivity contribution in [2.45, 2.75) is 32.5 Å². The van der Waals surface area contributed by atoms with Gasteiger partial charge in [0.2, 0.25) is 0 Å². The van der Waals surface area contributed by atoms with Crippen molar-refractivity contribution in [3.05, 3.63) is 0 Å². The molecule has 0 saturated carbocycles. The maximum Gasteiger partial charge on any atom is 0.320 e. The molecule has 2 aliphatic heterocycles. The lowest BCUT2D eigenvalue weighted by molar-refractivity contribution is 0.186. The molecule has 2 fully saturated rings. The van der Waals surface area contributed by atoms with Crippen LogP contribution < -0.4 is 0 Å². The highest BCUT2D eigenvalue weighted by Gasteiger charge is 2.36. The number of urea groups is 1. The smallest absolute Gasteiger partial charge is 0.320 e. The van der Waals surface area contributed by atoms with Crippen molar-refractivity contribution < 1.29 is 9.18 Å². The van der Waals surface area contributed by atoms with Crippen LogP contribution in [0.5, 0.6) is 0 Å². The van der Waals surface area contributed by atoms with Gasteiger partial charge in [0.25, 0.3) is 0 Å². The topological polar surface area (TPSA) is 26.8 Å². The first-order valence-electron chi connectivity index (χ1n) is 6.87. The van der Waals surface area contributed by atoms with E-state index in [-0.39, 0.29) is 6.03 Å². The van der Waals surface area contributed by atoms with Crippen molar-refractivity contribution in [3.63, 3.8) is 0 Å². The Balaban J connectivity index is 1.81. The Morgan fingerprint density at radius 3 is 2.56 bits per heavy atom. The Morgan fingerprint density at radius 1 is 1.33 bits per heavy atom. The molecular weight excluding hydrogens is 233 g/mol. The summed E-state index contributed by atoms with van der Waals surface area (Å²) >= 11 is 0. The fourth-order valence-corrected chi connectivity index (χ4v) is 2.89. The molecular formula is C13H24FN3O. The maximum atomic E-state index is 13.1.